The number of halogens is 7. The van der Waals surface area contributed by atoms with Gasteiger partial charge in [0.1, 0.15) is 22.9 Å². The lowest BCUT2D eigenvalue weighted by atomic mass is 9.56. The van der Waals surface area contributed by atoms with Gasteiger partial charge >= 0.3 is 6.03 Å². The van der Waals surface area contributed by atoms with Gasteiger partial charge in [-0.2, -0.15) is 4.90 Å². The Hall–Kier alpha value is -4.44. The van der Waals surface area contributed by atoms with Crippen LogP contribution in [0.1, 0.15) is 24.3 Å². The molecule has 2 aromatic rings. The Labute approximate surface area is 270 Å². The predicted molar refractivity (Wildman–Crippen MR) is 149 cm³/mol. The molecule has 6 amide bonds. The number of alkyl halides is 2. The van der Waals surface area contributed by atoms with Crippen molar-refractivity contribution in [1.29, 1.82) is 0 Å². The summed E-state index contributed by atoms with van der Waals surface area (Å²) in [7, 11) is 2.39. The number of phenols is 1. The molecule has 3 fully saturated rings. The molecule has 3 N–H and O–H groups in total. The molecule has 6 unspecified atom stereocenters. The molecule has 18 heteroatoms. The molecule has 0 aromatic heterocycles. The van der Waals surface area contributed by atoms with Crippen molar-refractivity contribution >= 4 is 58.5 Å². The zero-order valence-corrected chi connectivity index (χ0v) is 25.4. The third-order valence-corrected chi connectivity index (χ3v) is 10.7. The molecule has 2 aromatic carbocycles. The number of carbonyl (C=O) groups is 5. The molecule has 2 aliphatic heterocycles. The standard InChI is InChI=1S/C29H20Cl2F5N3O8/c1-46-8-5-12(40)15(13(6-8)47-2)16-9-3-4-10-14(24(42)39(23(10)41)27(37)45)11(9)7-28(30)25(43)38(26(44)29(16,28)31)22-20(35)18(33)17(32)19(34)21(22)36/h3,5-6,10-11,14,16,40H,4,7H2,1-2H3,(H2,37,45). The van der Waals surface area contributed by atoms with Crippen molar-refractivity contribution in [2.75, 3.05) is 19.1 Å². The Balaban J connectivity index is 1.65. The highest BCUT2D eigenvalue weighted by Crippen LogP contribution is 2.67. The monoisotopic (exact) mass is 703 g/mol. The number of methoxy groups -OCH3 is 2. The number of anilines is 1. The van der Waals surface area contributed by atoms with Crippen LogP contribution in [0.25, 0.3) is 0 Å². The van der Waals surface area contributed by atoms with E-state index in [1.54, 1.807) is 0 Å². The van der Waals surface area contributed by atoms with Crippen LogP contribution in [0.4, 0.5) is 32.4 Å². The Morgan fingerprint density at radius 1 is 0.915 bits per heavy atom. The molecule has 2 saturated heterocycles. The van der Waals surface area contributed by atoms with Gasteiger partial charge in [-0.05, 0) is 18.8 Å². The molecule has 248 valence electrons. The molecule has 11 nitrogen and oxygen atoms in total. The summed E-state index contributed by atoms with van der Waals surface area (Å²) in [5, 5.41) is 11.3. The number of allylic oxidation sites excluding steroid dienone is 2. The van der Waals surface area contributed by atoms with Crippen LogP contribution < -0.4 is 20.1 Å². The summed E-state index contributed by atoms with van der Waals surface area (Å²) < 4.78 is 83.5. The Morgan fingerprint density at radius 2 is 1.51 bits per heavy atom. The summed E-state index contributed by atoms with van der Waals surface area (Å²) in [5.41, 5.74) is 2.99. The molecule has 4 aliphatic rings. The number of amides is 6. The van der Waals surface area contributed by atoms with Crippen LogP contribution in [0.2, 0.25) is 0 Å². The fourth-order valence-corrected chi connectivity index (χ4v) is 8.18. The van der Waals surface area contributed by atoms with Crippen molar-refractivity contribution in [1.82, 2.24) is 4.90 Å². The lowest BCUT2D eigenvalue weighted by molar-refractivity contribution is -0.136. The van der Waals surface area contributed by atoms with Gasteiger partial charge in [0.15, 0.2) is 33.0 Å². The van der Waals surface area contributed by atoms with Crippen molar-refractivity contribution in [2.45, 2.75) is 28.5 Å². The second kappa shape index (κ2) is 10.5. The molecular weight excluding hydrogens is 684 g/mol. The summed E-state index contributed by atoms with van der Waals surface area (Å²) >= 11 is 14.0. The van der Waals surface area contributed by atoms with Crippen molar-refractivity contribution < 1.29 is 60.5 Å². The van der Waals surface area contributed by atoms with Gasteiger partial charge < -0.3 is 20.3 Å². The Morgan fingerprint density at radius 3 is 2.06 bits per heavy atom. The zero-order valence-electron chi connectivity index (χ0n) is 23.9. The van der Waals surface area contributed by atoms with Crippen molar-refractivity contribution in [3.8, 4) is 17.2 Å². The first-order valence-corrected chi connectivity index (χ1v) is 14.3. The lowest BCUT2D eigenvalue weighted by Crippen LogP contribution is -2.60. The Bertz CT molecular complexity index is 1870. The number of nitrogens with zero attached hydrogens (tertiary/aromatic N) is 2. The minimum atomic E-state index is -2.91. The minimum absolute atomic E-state index is 0.0178. The largest absolute Gasteiger partial charge is 0.507 e. The quantitative estimate of drug-likeness (QED) is 0.122. The molecule has 2 heterocycles. The van der Waals surface area contributed by atoms with Crippen LogP contribution in [0.5, 0.6) is 17.2 Å². The number of hydrogen-bond donors (Lipinski definition) is 2. The molecule has 6 atom stereocenters. The van der Waals surface area contributed by atoms with E-state index >= 15 is 8.78 Å². The summed E-state index contributed by atoms with van der Waals surface area (Å²) in [4.78, 5) is 61.2. The number of benzene rings is 2. The minimum Gasteiger partial charge on any atom is -0.507 e. The van der Waals surface area contributed by atoms with E-state index in [9.17, 15) is 42.3 Å². The fourth-order valence-electron chi connectivity index (χ4n) is 7.27. The molecule has 47 heavy (non-hydrogen) atoms. The summed E-state index contributed by atoms with van der Waals surface area (Å²) in [5.74, 6) is -24.8. The van der Waals surface area contributed by atoms with E-state index in [-0.39, 0.29) is 38.9 Å². The van der Waals surface area contributed by atoms with Crippen molar-refractivity contribution in [3.05, 3.63) is 58.4 Å². The van der Waals surface area contributed by atoms with E-state index in [2.05, 4.69) is 0 Å². The zero-order chi connectivity index (χ0) is 34.7. The first-order valence-electron chi connectivity index (χ1n) is 13.6. The first kappa shape index (κ1) is 32.5. The third-order valence-electron chi connectivity index (χ3n) is 9.28. The molecule has 0 bridgehead atoms. The Kier molecular flexibility index (Phi) is 7.28. The van der Waals surface area contributed by atoms with E-state index < -0.39 is 110 Å². The van der Waals surface area contributed by atoms with E-state index in [1.807, 2.05) is 0 Å². The number of primary amides is 1. The number of hydrogen-bond acceptors (Lipinski definition) is 8. The van der Waals surface area contributed by atoms with Gasteiger partial charge in [-0.15, -0.1) is 23.2 Å². The number of ether oxygens (including phenoxy) is 2. The average molecular weight is 704 g/mol. The van der Waals surface area contributed by atoms with E-state index in [1.165, 1.54) is 19.3 Å². The number of rotatable bonds is 4. The van der Waals surface area contributed by atoms with Crippen LogP contribution in [0, 0.1) is 46.8 Å². The number of carbonyl (C=O) groups excluding carboxylic acids is 5. The van der Waals surface area contributed by atoms with Crippen molar-refractivity contribution in [2.24, 2.45) is 23.5 Å². The maximum atomic E-state index is 15.1. The van der Waals surface area contributed by atoms with Crippen LogP contribution >= 0.6 is 23.2 Å². The van der Waals surface area contributed by atoms with Gasteiger partial charge in [0.05, 0.1) is 26.1 Å². The third kappa shape index (κ3) is 3.94. The molecule has 0 spiro atoms. The number of aromatic hydroxyl groups is 1. The van der Waals surface area contributed by atoms with Crippen molar-refractivity contribution in [3.63, 3.8) is 0 Å². The van der Waals surface area contributed by atoms with Gasteiger partial charge in [0, 0.05) is 23.6 Å². The first-order chi connectivity index (χ1) is 22.0. The van der Waals surface area contributed by atoms with Gasteiger partial charge in [-0.3, -0.25) is 19.2 Å². The fraction of sp³-hybridized carbons (Fsp3) is 0.345. The molecule has 1 saturated carbocycles. The number of urea groups is 1. The molecule has 6 rings (SSSR count). The van der Waals surface area contributed by atoms with Crippen LogP contribution in [0.15, 0.2) is 23.8 Å². The summed E-state index contributed by atoms with van der Waals surface area (Å²) in [6, 6.07) is 0.907. The normalized spacial score (nSPS) is 29.9. The summed E-state index contributed by atoms with van der Waals surface area (Å²) in [6.45, 7) is 0. The van der Waals surface area contributed by atoms with Crippen LogP contribution in [-0.4, -0.2) is 63.6 Å². The topological polar surface area (TPSA) is 157 Å². The molecular formula is C29H20Cl2F5N3O8. The van der Waals surface area contributed by atoms with Crippen LogP contribution in [0.3, 0.4) is 0 Å². The molecule has 0 radical (unpaired) electrons. The van der Waals surface area contributed by atoms with Gasteiger partial charge in [-0.25, -0.2) is 31.6 Å². The second-order valence-electron chi connectivity index (χ2n) is 11.3. The SMILES string of the molecule is COc1cc(O)c(C2C3=CCC4C(=O)N(C(N)=O)C(=O)C4C3CC3(Cl)C(=O)N(c4c(F)c(F)c(F)c(F)c4F)C(=O)C23Cl)c(OC)c1. The highest BCUT2D eigenvalue weighted by atomic mass is 35.5. The van der Waals surface area contributed by atoms with E-state index in [0.717, 1.165) is 13.2 Å². The number of likely N-dealkylation sites (tertiary alicyclic amines) is 1. The maximum absolute atomic E-state index is 15.1. The number of imide groups is 4. The highest BCUT2D eigenvalue weighted by molar-refractivity contribution is 6.58. The average Bonchev–Trinajstić information content (AvgIpc) is 3.37. The number of fused-ring (bicyclic) bond motifs is 4. The van der Waals surface area contributed by atoms with Crippen LogP contribution in [-0.2, 0) is 19.2 Å². The highest BCUT2D eigenvalue weighted by Gasteiger charge is 2.77. The smallest absolute Gasteiger partial charge is 0.328 e. The van der Waals surface area contributed by atoms with E-state index in [4.69, 9.17) is 38.4 Å². The maximum Gasteiger partial charge on any atom is 0.328 e. The van der Waals surface area contributed by atoms with Gasteiger partial charge in [-0.1, -0.05) is 11.6 Å². The number of nitrogens with two attached hydrogens (primary N) is 1. The molecule has 2 aliphatic carbocycles. The summed E-state index contributed by atoms with van der Waals surface area (Å²) in [6.07, 6.45) is 0.309. The van der Waals surface area contributed by atoms with E-state index in [0.29, 0.717) is 0 Å². The second-order valence-corrected chi connectivity index (χ2v) is 12.5. The predicted octanol–water partition coefficient (Wildman–Crippen LogP) is 3.75. The lowest BCUT2D eigenvalue weighted by Gasteiger charge is -2.50. The van der Waals surface area contributed by atoms with Gasteiger partial charge in [0.2, 0.25) is 17.6 Å². The number of phenolic OH excluding ortho intramolecular Hbond substituents is 1. The van der Waals surface area contributed by atoms with Gasteiger partial charge in [0.25, 0.3) is 11.8 Å².